The van der Waals surface area contributed by atoms with Crippen molar-refractivity contribution >= 4 is 11.4 Å². The summed E-state index contributed by atoms with van der Waals surface area (Å²) in [5.74, 6) is -0.0436. The van der Waals surface area contributed by atoms with E-state index in [1.807, 2.05) is 18.0 Å². The van der Waals surface area contributed by atoms with Crippen molar-refractivity contribution in [2.24, 2.45) is 0 Å². The molecule has 112 valence electrons. The van der Waals surface area contributed by atoms with Crippen molar-refractivity contribution in [1.29, 1.82) is 0 Å². The van der Waals surface area contributed by atoms with E-state index in [1.54, 1.807) is 6.07 Å². The standard InChI is InChI=1S/C15H19N3O3/c1-4-6-17-7-5-15(2)11-8-10(19)9-12(18(20)21)13(11)16(3)14(15)17/h4,8-9,14,19H,1,5-7H2,2-3H3/t14-,15-/m0/s1. The number of hydrogen-bond acceptors (Lipinski definition) is 5. The minimum Gasteiger partial charge on any atom is -0.508 e. The van der Waals surface area contributed by atoms with Crippen LogP contribution in [-0.4, -0.2) is 41.2 Å². The minimum absolute atomic E-state index is 0.0262. The maximum Gasteiger partial charge on any atom is 0.296 e. The Morgan fingerprint density at radius 1 is 1.62 bits per heavy atom. The Morgan fingerprint density at radius 2 is 2.33 bits per heavy atom. The molecule has 0 bridgehead atoms. The van der Waals surface area contributed by atoms with Crippen molar-refractivity contribution in [3.05, 3.63) is 40.5 Å². The van der Waals surface area contributed by atoms with Gasteiger partial charge in [-0.15, -0.1) is 6.58 Å². The van der Waals surface area contributed by atoms with Crippen LogP contribution in [0.25, 0.3) is 0 Å². The van der Waals surface area contributed by atoms with E-state index < -0.39 is 4.92 Å². The average molecular weight is 289 g/mol. The molecule has 6 heteroatoms. The topological polar surface area (TPSA) is 69.8 Å². The van der Waals surface area contributed by atoms with Gasteiger partial charge in [-0.25, -0.2) is 0 Å². The first-order valence-corrected chi connectivity index (χ1v) is 7.00. The highest BCUT2D eigenvalue weighted by molar-refractivity contribution is 5.76. The number of aromatic hydroxyl groups is 1. The maximum atomic E-state index is 11.3. The Kier molecular flexibility index (Phi) is 2.95. The summed E-state index contributed by atoms with van der Waals surface area (Å²) in [5, 5.41) is 21.2. The molecular formula is C15H19N3O3. The number of likely N-dealkylation sites (N-methyl/N-ethyl adjacent to an activating group) is 1. The van der Waals surface area contributed by atoms with Crippen LogP contribution in [0.5, 0.6) is 5.75 Å². The summed E-state index contributed by atoms with van der Waals surface area (Å²) in [6.07, 6.45) is 2.82. The van der Waals surface area contributed by atoms with Crippen LogP contribution in [0.3, 0.4) is 0 Å². The molecule has 21 heavy (non-hydrogen) atoms. The van der Waals surface area contributed by atoms with Crippen molar-refractivity contribution < 1.29 is 10.0 Å². The second-order valence-electron chi connectivity index (χ2n) is 6.05. The van der Waals surface area contributed by atoms with Crippen molar-refractivity contribution in [2.45, 2.75) is 24.9 Å². The lowest BCUT2D eigenvalue weighted by atomic mass is 9.81. The number of hydrogen-bond donors (Lipinski definition) is 1. The zero-order valence-corrected chi connectivity index (χ0v) is 12.2. The number of anilines is 1. The van der Waals surface area contributed by atoms with Crippen LogP contribution in [0.1, 0.15) is 18.9 Å². The second kappa shape index (κ2) is 4.46. The molecule has 0 radical (unpaired) electrons. The maximum absolute atomic E-state index is 11.3. The fourth-order valence-electron chi connectivity index (χ4n) is 4.01. The van der Waals surface area contributed by atoms with Gasteiger partial charge in [0.15, 0.2) is 0 Å². The van der Waals surface area contributed by atoms with E-state index in [2.05, 4.69) is 18.4 Å². The van der Waals surface area contributed by atoms with Gasteiger partial charge in [-0.2, -0.15) is 0 Å². The largest absolute Gasteiger partial charge is 0.508 e. The summed E-state index contributed by atoms with van der Waals surface area (Å²) in [6.45, 7) is 7.57. The van der Waals surface area contributed by atoms with Gasteiger partial charge < -0.3 is 10.0 Å². The van der Waals surface area contributed by atoms with E-state index in [4.69, 9.17) is 0 Å². The van der Waals surface area contributed by atoms with Crippen LogP contribution in [0.2, 0.25) is 0 Å². The molecular weight excluding hydrogens is 270 g/mol. The molecule has 0 spiro atoms. The van der Waals surface area contributed by atoms with Crippen LogP contribution < -0.4 is 4.90 Å². The Hall–Kier alpha value is -2.08. The minimum atomic E-state index is -0.419. The lowest BCUT2D eigenvalue weighted by molar-refractivity contribution is -0.384. The number of rotatable bonds is 3. The Balaban J connectivity index is 2.19. The third kappa shape index (κ3) is 1.75. The third-order valence-electron chi connectivity index (χ3n) is 4.80. The zero-order chi connectivity index (χ0) is 15.4. The highest BCUT2D eigenvalue weighted by Crippen LogP contribution is 2.55. The molecule has 1 aromatic rings. The van der Waals surface area contributed by atoms with Crippen LogP contribution >= 0.6 is 0 Å². The van der Waals surface area contributed by atoms with E-state index in [9.17, 15) is 15.2 Å². The first kappa shape index (κ1) is 13.9. The van der Waals surface area contributed by atoms with Gasteiger partial charge in [0, 0.05) is 25.6 Å². The van der Waals surface area contributed by atoms with Gasteiger partial charge in [0.25, 0.3) is 5.69 Å². The van der Waals surface area contributed by atoms with Crippen LogP contribution in [0.4, 0.5) is 11.4 Å². The smallest absolute Gasteiger partial charge is 0.296 e. The van der Waals surface area contributed by atoms with Gasteiger partial charge in [-0.05, 0) is 18.1 Å². The summed E-state index contributed by atoms with van der Waals surface area (Å²) < 4.78 is 0. The van der Waals surface area contributed by atoms with E-state index in [-0.39, 0.29) is 23.0 Å². The zero-order valence-electron chi connectivity index (χ0n) is 12.2. The number of phenols is 1. The van der Waals surface area contributed by atoms with Crippen LogP contribution in [0, 0.1) is 10.1 Å². The number of nitro benzene ring substituents is 1. The lowest BCUT2D eigenvalue weighted by Crippen LogP contribution is -2.47. The summed E-state index contributed by atoms with van der Waals surface area (Å²) in [4.78, 5) is 15.2. The number of benzene rings is 1. The molecule has 0 saturated carbocycles. The Morgan fingerprint density at radius 3 is 2.95 bits per heavy atom. The molecule has 2 aliphatic rings. The third-order valence-corrected chi connectivity index (χ3v) is 4.80. The van der Waals surface area contributed by atoms with Gasteiger partial charge in [0.2, 0.25) is 0 Å². The van der Waals surface area contributed by atoms with Gasteiger partial charge >= 0.3 is 0 Å². The normalized spacial score (nSPS) is 27.5. The van der Waals surface area contributed by atoms with E-state index in [1.165, 1.54) is 6.07 Å². The first-order valence-electron chi connectivity index (χ1n) is 7.00. The van der Waals surface area contributed by atoms with Crippen LogP contribution in [-0.2, 0) is 5.41 Å². The van der Waals surface area contributed by atoms with E-state index >= 15 is 0 Å². The summed E-state index contributed by atoms with van der Waals surface area (Å²) >= 11 is 0. The summed E-state index contributed by atoms with van der Waals surface area (Å²) in [7, 11) is 1.89. The van der Waals surface area contributed by atoms with Crippen molar-refractivity contribution in [3.8, 4) is 5.75 Å². The predicted octanol–water partition coefficient (Wildman–Crippen LogP) is 2.23. The van der Waals surface area contributed by atoms with E-state index in [0.717, 1.165) is 25.1 Å². The summed E-state index contributed by atoms with van der Waals surface area (Å²) in [6, 6.07) is 2.91. The molecule has 0 aliphatic carbocycles. The molecule has 2 atom stereocenters. The molecule has 2 heterocycles. The number of phenolic OH excluding ortho intramolecular Hbond substituents is 1. The van der Waals surface area contributed by atoms with Crippen molar-refractivity contribution in [2.75, 3.05) is 25.0 Å². The lowest BCUT2D eigenvalue weighted by Gasteiger charge is -2.34. The van der Waals surface area contributed by atoms with Crippen molar-refractivity contribution in [1.82, 2.24) is 4.90 Å². The highest BCUT2D eigenvalue weighted by atomic mass is 16.6. The first-order chi connectivity index (χ1) is 9.90. The number of likely N-dealkylation sites (tertiary alicyclic amines) is 1. The molecule has 1 N–H and O–H groups in total. The quantitative estimate of drug-likeness (QED) is 0.525. The Bertz CT molecular complexity index is 631. The van der Waals surface area contributed by atoms with Gasteiger partial charge in [-0.3, -0.25) is 15.0 Å². The number of nitro groups is 1. The molecule has 1 fully saturated rings. The number of fused-ring (bicyclic) bond motifs is 3. The molecule has 0 aromatic heterocycles. The summed E-state index contributed by atoms with van der Waals surface area (Å²) in [5.41, 5.74) is 1.25. The fraction of sp³-hybridized carbons (Fsp3) is 0.467. The monoisotopic (exact) mass is 289 g/mol. The Labute approximate surface area is 123 Å². The fourth-order valence-corrected chi connectivity index (χ4v) is 4.01. The van der Waals surface area contributed by atoms with Gasteiger partial charge in [0.1, 0.15) is 11.4 Å². The predicted molar refractivity (Wildman–Crippen MR) is 80.7 cm³/mol. The average Bonchev–Trinajstić information content (AvgIpc) is 2.85. The molecule has 1 saturated heterocycles. The van der Waals surface area contributed by atoms with Gasteiger partial charge in [-0.1, -0.05) is 13.0 Å². The molecule has 6 nitrogen and oxygen atoms in total. The molecule has 1 aromatic carbocycles. The molecule has 2 aliphatic heterocycles. The SMILES string of the molecule is C=CCN1CC[C@@]2(C)c3cc(O)cc([N+](=O)[O-])c3N(C)[C@@H]12. The molecule has 3 rings (SSSR count). The van der Waals surface area contributed by atoms with Crippen LogP contribution in [0.15, 0.2) is 24.8 Å². The highest BCUT2D eigenvalue weighted by Gasteiger charge is 2.55. The molecule has 0 amide bonds. The van der Waals surface area contributed by atoms with Gasteiger partial charge in [0.05, 0.1) is 17.2 Å². The van der Waals surface area contributed by atoms with Crippen molar-refractivity contribution in [3.63, 3.8) is 0 Å². The molecule has 0 unspecified atom stereocenters. The van der Waals surface area contributed by atoms with E-state index in [0.29, 0.717) is 5.69 Å². The number of nitrogens with zero attached hydrogens (tertiary/aromatic N) is 3. The second-order valence-corrected chi connectivity index (χ2v) is 6.05.